The van der Waals surface area contributed by atoms with E-state index in [0.717, 1.165) is 42.5 Å². The highest BCUT2D eigenvalue weighted by atomic mass is 32.2. The molecule has 1 aliphatic heterocycles. The summed E-state index contributed by atoms with van der Waals surface area (Å²) in [5, 5.41) is 1.14. The van der Waals surface area contributed by atoms with Crippen LogP contribution in [0.4, 0.5) is 0 Å². The van der Waals surface area contributed by atoms with Gasteiger partial charge in [0.15, 0.2) is 0 Å². The third-order valence-electron chi connectivity index (χ3n) is 3.87. The molecule has 23 heavy (non-hydrogen) atoms. The summed E-state index contributed by atoms with van der Waals surface area (Å²) in [6.07, 6.45) is 5.00. The van der Waals surface area contributed by atoms with E-state index in [-0.39, 0.29) is 18.9 Å². The minimum Gasteiger partial charge on any atom is -0.343 e. The van der Waals surface area contributed by atoms with Crippen LogP contribution >= 0.6 is 0 Å². The molecule has 0 spiro atoms. The van der Waals surface area contributed by atoms with E-state index < -0.39 is 10.0 Å². The third kappa shape index (κ3) is 6.15. The zero-order valence-corrected chi connectivity index (χ0v) is 14.3. The van der Waals surface area contributed by atoms with Crippen molar-refractivity contribution in [2.24, 2.45) is 0 Å². The molecule has 126 valence electrons. The van der Waals surface area contributed by atoms with Crippen LogP contribution in [0.25, 0.3) is 6.08 Å². The second-order valence-corrected chi connectivity index (χ2v) is 7.50. The Hall–Kier alpha value is -1.66. The van der Waals surface area contributed by atoms with E-state index in [0.29, 0.717) is 0 Å². The van der Waals surface area contributed by atoms with E-state index >= 15 is 0 Å². The Balaban J connectivity index is 1.79. The molecule has 1 aromatic rings. The second kappa shape index (κ2) is 8.26. The number of nitrogens with one attached hydrogen (secondary N) is 1. The van der Waals surface area contributed by atoms with Gasteiger partial charge < -0.3 is 4.90 Å². The van der Waals surface area contributed by atoms with Gasteiger partial charge in [0.1, 0.15) is 0 Å². The number of amides is 1. The molecule has 1 saturated heterocycles. The maximum Gasteiger partial charge on any atom is 0.233 e. The second-order valence-electron chi connectivity index (χ2n) is 5.84. The SMILES string of the molecule is Cc1ccc(/C=C/S(=O)(=O)NCCC(=O)N2CCCCC2)cc1. The van der Waals surface area contributed by atoms with Gasteiger partial charge in [-0.25, -0.2) is 13.1 Å². The van der Waals surface area contributed by atoms with E-state index in [2.05, 4.69) is 4.72 Å². The molecule has 6 heteroatoms. The van der Waals surface area contributed by atoms with Crippen LogP contribution in [0, 0.1) is 6.92 Å². The minimum atomic E-state index is -3.52. The highest BCUT2D eigenvalue weighted by Crippen LogP contribution is 2.10. The number of carbonyl (C=O) groups excluding carboxylic acids is 1. The summed E-state index contributed by atoms with van der Waals surface area (Å²) >= 11 is 0. The Kier molecular flexibility index (Phi) is 6.36. The number of piperidine rings is 1. The third-order valence-corrected chi connectivity index (χ3v) is 4.97. The standard InChI is InChI=1S/C17H24N2O3S/c1-15-5-7-16(8-6-15)10-14-23(21,22)18-11-9-17(20)19-12-3-2-4-13-19/h5-8,10,14,18H,2-4,9,11-13H2,1H3/b14-10+. The normalized spacial score (nSPS) is 16.0. The first-order valence-electron chi connectivity index (χ1n) is 7.98. The van der Waals surface area contributed by atoms with Crippen LogP contribution in [-0.2, 0) is 14.8 Å². The number of hydrogen-bond donors (Lipinski definition) is 1. The van der Waals surface area contributed by atoms with Crippen molar-refractivity contribution in [2.75, 3.05) is 19.6 Å². The van der Waals surface area contributed by atoms with Crippen molar-refractivity contribution in [1.29, 1.82) is 0 Å². The van der Waals surface area contributed by atoms with Crippen molar-refractivity contribution in [2.45, 2.75) is 32.6 Å². The first-order valence-corrected chi connectivity index (χ1v) is 9.53. The van der Waals surface area contributed by atoms with Crippen molar-refractivity contribution in [3.05, 3.63) is 40.8 Å². The number of likely N-dealkylation sites (tertiary alicyclic amines) is 1. The molecule has 1 aromatic carbocycles. The zero-order valence-electron chi connectivity index (χ0n) is 13.5. The quantitative estimate of drug-likeness (QED) is 0.867. The fraction of sp³-hybridized carbons (Fsp3) is 0.471. The van der Waals surface area contributed by atoms with Gasteiger partial charge in [0.05, 0.1) is 0 Å². The predicted octanol–water partition coefficient (Wildman–Crippen LogP) is 2.29. The summed E-state index contributed by atoms with van der Waals surface area (Å²) in [6, 6.07) is 7.58. The van der Waals surface area contributed by atoms with Crippen LogP contribution in [0.5, 0.6) is 0 Å². The molecule has 0 saturated carbocycles. The summed E-state index contributed by atoms with van der Waals surface area (Å²) < 4.78 is 26.3. The van der Waals surface area contributed by atoms with Gasteiger partial charge >= 0.3 is 0 Å². The molecule has 1 amide bonds. The molecule has 1 N–H and O–H groups in total. The Morgan fingerprint density at radius 3 is 2.48 bits per heavy atom. The van der Waals surface area contributed by atoms with Crippen LogP contribution < -0.4 is 4.72 Å². The van der Waals surface area contributed by atoms with Gasteiger partial charge in [-0.2, -0.15) is 0 Å². The Morgan fingerprint density at radius 1 is 1.17 bits per heavy atom. The van der Waals surface area contributed by atoms with E-state index in [1.165, 1.54) is 6.42 Å². The van der Waals surface area contributed by atoms with Crippen LogP contribution in [0.1, 0.15) is 36.8 Å². The molecule has 5 nitrogen and oxygen atoms in total. The average Bonchev–Trinajstić information content (AvgIpc) is 2.55. The van der Waals surface area contributed by atoms with Gasteiger partial charge in [-0.15, -0.1) is 0 Å². The summed E-state index contributed by atoms with van der Waals surface area (Å²) in [5.41, 5.74) is 1.95. The lowest BCUT2D eigenvalue weighted by Crippen LogP contribution is -2.37. The Bertz CT molecular complexity index is 645. The van der Waals surface area contributed by atoms with Gasteiger partial charge in [-0.3, -0.25) is 4.79 Å². The molecule has 2 rings (SSSR count). The molecule has 1 heterocycles. The Morgan fingerprint density at radius 2 is 1.83 bits per heavy atom. The van der Waals surface area contributed by atoms with Crippen LogP contribution in [-0.4, -0.2) is 38.9 Å². The van der Waals surface area contributed by atoms with Crippen LogP contribution in [0.3, 0.4) is 0 Å². The fourth-order valence-corrected chi connectivity index (χ4v) is 3.31. The number of aryl methyl sites for hydroxylation is 1. The van der Waals surface area contributed by atoms with Crippen molar-refractivity contribution in [1.82, 2.24) is 9.62 Å². The highest BCUT2D eigenvalue weighted by molar-refractivity contribution is 7.92. The first-order chi connectivity index (χ1) is 11.0. The lowest BCUT2D eigenvalue weighted by molar-refractivity contribution is -0.131. The maximum atomic E-state index is 12.0. The van der Waals surface area contributed by atoms with Crippen molar-refractivity contribution >= 4 is 22.0 Å². The molecular weight excluding hydrogens is 312 g/mol. The summed E-state index contributed by atoms with van der Waals surface area (Å²) in [6.45, 7) is 3.69. The molecule has 1 fully saturated rings. The van der Waals surface area contributed by atoms with Gasteiger partial charge in [0.25, 0.3) is 0 Å². The number of sulfonamides is 1. The molecule has 0 atom stereocenters. The van der Waals surface area contributed by atoms with Gasteiger partial charge in [-0.05, 0) is 37.8 Å². The number of benzene rings is 1. The predicted molar refractivity (Wildman–Crippen MR) is 92.2 cm³/mol. The number of rotatable bonds is 6. The smallest absolute Gasteiger partial charge is 0.233 e. The summed E-state index contributed by atoms with van der Waals surface area (Å²) in [4.78, 5) is 13.8. The number of hydrogen-bond acceptors (Lipinski definition) is 3. The molecule has 0 aliphatic carbocycles. The molecule has 0 unspecified atom stereocenters. The lowest BCUT2D eigenvalue weighted by Gasteiger charge is -2.26. The van der Waals surface area contributed by atoms with E-state index in [9.17, 15) is 13.2 Å². The van der Waals surface area contributed by atoms with Gasteiger partial charge in [-0.1, -0.05) is 29.8 Å². The summed E-state index contributed by atoms with van der Waals surface area (Å²) in [7, 11) is -3.52. The van der Waals surface area contributed by atoms with Gasteiger partial charge in [0, 0.05) is 31.5 Å². The molecule has 1 aliphatic rings. The number of nitrogens with zero attached hydrogens (tertiary/aromatic N) is 1. The zero-order chi connectivity index (χ0) is 16.7. The highest BCUT2D eigenvalue weighted by Gasteiger charge is 2.16. The topological polar surface area (TPSA) is 66.5 Å². The molecule has 0 aromatic heterocycles. The first kappa shape index (κ1) is 17.7. The van der Waals surface area contributed by atoms with Crippen LogP contribution in [0.2, 0.25) is 0 Å². The monoisotopic (exact) mass is 336 g/mol. The van der Waals surface area contributed by atoms with E-state index in [1.54, 1.807) is 6.08 Å². The average molecular weight is 336 g/mol. The summed E-state index contributed by atoms with van der Waals surface area (Å²) in [5.74, 6) is 0.0231. The van der Waals surface area contributed by atoms with Crippen molar-refractivity contribution < 1.29 is 13.2 Å². The fourth-order valence-electron chi connectivity index (χ4n) is 2.50. The van der Waals surface area contributed by atoms with E-state index in [1.807, 2.05) is 36.1 Å². The lowest BCUT2D eigenvalue weighted by atomic mass is 10.1. The molecular formula is C17H24N2O3S. The maximum absolute atomic E-state index is 12.0. The van der Waals surface area contributed by atoms with Gasteiger partial charge in [0.2, 0.25) is 15.9 Å². The molecule has 0 radical (unpaired) electrons. The Labute approximate surface area is 138 Å². The van der Waals surface area contributed by atoms with Crippen LogP contribution in [0.15, 0.2) is 29.7 Å². The number of carbonyl (C=O) groups is 1. The molecule has 0 bridgehead atoms. The van der Waals surface area contributed by atoms with Crippen molar-refractivity contribution in [3.8, 4) is 0 Å². The van der Waals surface area contributed by atoms with Crippen molar-refractivity contribution in [3.63, 3.8) is 0 Å². The largest absolute Gasteiger partial charge is 0.343 e. The van der Waals surface area contributed by atoms with E-state index in [4.69, 9.17) is 0 Å². The minimum absolute atomic E-state index is 0.0231.